The monoisotopic (exact) mass is 271 g/mol. The molecule has 1 N–H and O–H groups in total. The fourth-order valence-electron chi connectivity index (χ4n) is 2.68. The Morgan fingerprint density at radius 2 is 1.60 bits per heavy atom. The van der Waals surface area contributed by atoms with Gasteiger partial charge in [-0.15, -0.1) is 0 Å². The lowest BCUT2D eigenvalue weighted by Crippen LogP contribution is -2.22. The minimum Gasteiger partial charge on any atom is -0.466 e. The Labute approximate surface area is 122 Å². The fourth-order valence-corrected chi connectivity index (χ4v) is 2.68. The normalized spacial score (nSPS) is 14.3. The van der Waals surface area contributed by atoms with E-state index in [1.807, 2.05) is 13.8 Å². The molecule has 2 heteroatoms. The summed E-state index contributed by atoms with van der Waals surface area (Å²) in [6.07, 6.45) is 0. The Balaban J connectivity index is 2.12. The lowest BCUT2D eigenvalue weighted by molar-refractivity contribution is 0.469. The molecule has 2 nitrogen and oxygen atoms in total. The molecule has 2 unspecified atom stereocenters. The molecule has 1 aromatic heterocycles. The van der Waals surface area contributed by atoms with E-state index < -0.39 is 0 Å². The SMILES string of the molecule is Cc1cc(C(C)NC(C)c2ccc(C)c(C)c2)c(C)o1. The van der Waals surface area contributed by atoms with Crippen molar-refractivity contribution in [2.75, 3.05) is 0 Å². The maximum atomic E-state index is 5.62. The standard InChI is InChI=1S/C18H25NO/c1-11-7-8-17(9-12(11)2)14(4)19-15(5)18-10-13(3)20-16(18)6/h7-10,14-15,19H,1-6H3. The van der Waals surface area contributed by atoms with Gasteiger partial charge in [-0.05, 0) is 64.3 Å². The zero-order valence-electron chi connectivity index (χ0n) is 13.4. The molecule has 1 aromatic carbocycles. The van der Waals surface area contributed by atoms with Crippen molar-refractivity contribution in [2.24, 2.45) is 0 Å². The van der Waals surface area contributed by atoms with Gasteiger partial charge < -0.3 is 9.73 Å². The Kier molecular flexibility index (Phi) is 4.34. The first kappa shape index (κ1) is 14.9. The van der Waals surface area contributed by atoms with E-state index in [0.29, 0.717) is 6.04 Å². The summed E-state index contributed by atoms with van der Waals surface area (Å²) >= 11 is 0. The van der Waals surface area contributed by atoms with Gasteiger partial charge in [-0.2, -0.15) is 0 Å². The Bertz CT molecular complexity index is 597. The van der Waals surface area contributed by atoms with E-state index in [9.17, 15) is 0 Å². The Morgan fingerprint density at radius 3 is 2.15 bits per heavy atom. The fraction of sp³-hybridized carbons (Fsp3) is 0.444. The molecule has 0 amide bonds. The van der Waals surface area contributed by atoms with E-state index in [-0.39, 0.29) is 6.04 Å². The number of aryl methyl sites for hydroxylation is 4. The topological polar surface area (TPSA) is 25.2 Å². The molecule has 20 heavy (non-hydrogen) atoms. The van der Waals surface area contributed by atoms with Crippen LogP contribution in [0.5, 0.6) is 0 Å². The van der Waals surface area contributed by atoms with Crippen LogP contribution in [0.15, 0.2) is 28.7 Å². The van der Waals surface area contributed by atoms with Crippen molar-refractivity contribution in [3.63, 3.8) is 0 Å². The minimum atomic E-state index is 0.282. The number of benzene rings is 1. The van der Waals surface area contributed by atoms with Crippen LogP contribution < -0.4 is 5.32 Å². The van der Waals surface area contributed by atoms with Crippen molar-refractivity contribution < 1.29 is 4.42 Å². The number of hydrogen-bond acceptors (Lipinski definition) is 2. The van der Waals surface area contributed by atoms with Crippen molar-refractivity contribution in [2.45, 2.75) is 53.6 Å². The van der Waals surface area contributed by atoms with E-state index in [2.05, 4.69) is 57.3 Å². The first-order valence-corrected chi connectivity index (χ1v) is 7.28. The van der Waals surface area contributed by atoms with Gasteiger partial charge in [0, 0.05) is 17.6 Å². The average Bonchev–Trinajstić information content (AvgIpc) is 2.71. The largest absolute Gasteiger partial charge is 0.466 e. The van der Waals surface area contributed by atoms with Crippen LogP contribution in [0.2, 0.25) is 0 Å². The van der Waals surface area contributed by atoms with E-state index in [1.54, 1.807) is 0 Å². The highest BCUT2D eigenvalue weighted by Crippen LogP contribution is 2.25. The van der Waals surface area contributed by atoms with Crippen LogP contribution in [0.4, 0.5) is 0 Å². The number of furan rings is 1. The predicted molar refractivity (Wildman–Crippen MR) is 84.1 cm³/mol. The maximum Gasteiger partial charge on any atom is 0.105 e. The molecule has 108 valence electrons. The quantitative estimate of drug-likeness (QED) is 0.853. The van der Waals surface area contributed by atoms with E-state index in [1.165, 1.54) is 22.3 Å². The Hall–Kier alpha value is -1.54. The number of rotatable bonds is 4. The summed E-state index contributed by atoms with van der Waals surface area (Å²) in [4.78, 5) is 0. The van der Waals surface area contributed by atoms with Crippen LogP contribution >= 0.6 is 0 Å². The number of nitrogens with one attached hydrogen (secondary N) is 1. The molecule has 2 rings (SSSR count). The maximum absolute atomic E-state index is 5.62. The summed E-state index contributed by atoms with van der Waals surface area (Å²) in [5, 5.41) is 3.65. The Morgan fingerprint density at radius 1 is 0.900 bits per heavy atom. The van der Waals surface area contributed by atoms with Crippen molar-refractivity contribution in [1.29, 1.82) is 0 Å². The van der Waals surface area contributed by atoms with Gasteiger partial charge >= 0.3 is 0 Å². The number of hydrogen-bond donors (Lipinski definition) is 1. The second-order valence-corrected chi connectivity index (χ2v) is 5.82. The molecule has 0 aliphatic rings. The summed E-state index contributed by atoms with van der Waals surface area (Å²) in [5.74, 6) is 1.99. The first-order chi connectivity index (χ1) is 9.38. The third-order valence-electron chi connectivity index (χ3n) is 4.08. The third kappa shape index (κ3) is 3.13. The second-order valence-electron chi connectivity index (χ2n) is 5.82. The van der Waals surface area contributed by atoms with Crippen LogP contribution in [0.25, 0.3) is 0 Å². The molecule has 0 aliphatic carbocycles. The average molecular weight is 271 g/mol. The molecular weight excluding hydrogens is 246 g/mol. The minimum absolute atomic E-state index is 0.282. The molecular formula is C18H25NO. The van der Waals surface area contributed by atoms with Crippen molar-refractivity contribution in [3.8, 4) is 0 Å². The third-order valence-corrected chi connectivity index (χ3v) is 4.08. The smallest absolute Gasteiger partial charge is 0.105 e. The molecule has 2 aromatic rings. The molecule has 0 saturated heterocycles. The molecule has 1 heterocycles. The summed E-state index contributed by atoms with van der Waals surface area (Å²) in [7, 11) is 0. The lowest BCUT2D eigenvalue weighted by atomic mass is 10.0. The van der Waals surface area contributed by atoms with Crippen molar-refractivity contribution in [3.05, 3.63) is 58.0 Å². The van der Waals surface area contributed by atoms with Crippen LogP contribution in [0, 0.1) is 27.7 Å². The molecule has 0 spiro atoms. The van der Waals surface area contributed by atoms with Crippen LogP contribution in [0.1, 0.15) is 59.7 Å². The highest BCUT2D eigenvalue weighted by molar-refractivity contribution is 5.32. The lowest BCUT2D eigenvalue weighted by Gasteiger charge is -2.21. The van der Waals surface area contributed by atoms with E-state index >= 15 is 0 Å². The molecule has 0 radical (unpaired) electrons. The summed E-state index contributed by atoms with van der Waals surface area (Å²) < 4.78 is 5.62. The summed E-state index contributed by atoms with van der Waals surface area (Å²) in [5.41, 5.74) is 5.27. The summed E-state index contributed by atoms with van der Waals surface area (Å²) in [6.45, 7) is 12.7. The van der Waals surface area contributed by atoms with Gasteiger partial charge in [-0.1, -0.05) is 18.2 Å². The predicted octanol–water partition coefficient (Wildman–Crippen LogP) is 4.93. The van der Waals surface area contributed by atoms with Crippen molar-refractivity contribution >= 4 is 0 Å². The zero-order valence-corrected chi connectivity index (χ0v) is 13.4. The highest BCUT2D eigenvalue weighted by atomic mass is 16.3. The van der Waals surface area contributed by atoms with Gasteiger partial charge in [0.1, 0.15) is 11.5 Å². The first-order valence-electron chi connectivity index (χ1n) is 7.28. The second kappa shape index (κ2) is 5.84. The van der Waals surface area contributed by atoms with E-state index in [4.69, 9.17) is 4.42 Å². The molecule has 0 bridgehead atoms. The summed E-state index contributed by atoms with van der Waals surface area (Å²) in [6, 6.07) is 9.40. The van der Waals surface area contributed by atoms with E-state index in [0.717, 1.165) is 11.5 Å². The highest BCUT2D eigenvalue weighted by Gasteiger charge is 2.15. The van der Waals surface area contributed by atoms with Crippen molar-refractivity contribution in [1.82, 2.24) is 5.32 Å². The van der Waals surface area contributed by atoms with Crippen LogP contribution in [0.3, 0.4) is 0 Å². The van der Waals surface area contributed by atoms with Gasteiger partial charge in [0.25, 0.3) is 0 Å². The van der Waals surface area contributed by atoms with Crippen LogP contribution in [-0.2, 0) is 0 Å². The molecule has 0 saturated carbocycles. The zero-order chi connectivity index (χ0) is 14.9. The molecule has 0 fully saturated rings. The van der Waals surface area contributed by atoms with Crippen LogP contribution in [-0.4, -0.2) is 0 Å². The van der Waals surface area contributed by atoms with Gasteiger partial charge in [-0.3, -0.25) is 0 Å². The molecule has 0 aliphatic heterocycles. The van der Waals surface area contributed by atoms with Gasteiger partial charge in [-0.25, -0.2) is 0 Å². The molecule has 2 atom stereocenters. The van der Waals surface area contributed by atoms with Gasteiger partial charge in [0.15, 0.2) is 0 Å². The van der Waals surface area contributed by atoms with Gasteiger partial charge in [0.2, 0.25) is 0 Å². The van der Waals surface area contributed by atoms with Gasteiger partial charge in [0.05, 0.1) is 0 Å².